The molecule has 2 saturated carbocycles. The van der Waals surface area contributed by atoms with Crippen molar-refractivity contribution in [2.24, 2.45) is 18.4 Å². The molecular weight excluding hydrogens is 685 g/mol. The summed E-state index contributed by atoms with van der Waals surface area (Å²) in [5, 5.41) is 6.48. The van der Waals surface area contributed by atoms with Crippen LogP contribution in [0.4, 0.5) is 17.5 Å². The second kappa shape index (κ2) is 12.9. The van der Waals surface area contributed by atoms with Crippen LogP contribution in [-0.4, -0.2) is 78.5 Å². The van der Waals surface area contributed by atoms with Crippen LogP contribution < -0.4 is 21.2 Å². The minimum absolute atomic E-state index is 0.0341. The quantitative estimate of drug-likeness (QED) is 0.193. The van der Waals surface area contributed by atoms with Gasteiger partial charge in [0.15, 0.2) is 0 Å². The summed E-state index contributed by atoms with van der Waals surface area (Å²) < 4.78 is 5.16. The number of amides is 3. The largest absolute Gasteiger partial charge is 0.369 e. The molecule has 1 atom stereocenters. The molecule has 1 aromatic carbocycles. The highest BCUT2D eigenvalue weighted by Gasteiger charge is 2.52. The molecule has 1 unspecified atom stereocenters. The van der Waals surface area contributed by atoms with Gasteiger partial charge in [-0.15, -0.1) is 0 Å². The number of nitrogens with zero attached hydrogens (tertiary/aromatic N) is 8. The average molecular weight is 727 g/mol. The number of nitrogens with one attached hydrogen (secondary N) is 2. The normalized spacial score (nSPS) is 19.8. The number of para-hydroxylation sites is 1. The van der Waals surface area contributed by atoms with E-state index in [1.165, 1.54) is 4.57 Å². The smallest absolute Gasteiger partial charge is 0.329 e. The van der Waals surface area contributed by atoms with E-state index in [0.29, 0.717) is 34.9 Å². The standard InChI is InChI=1S/C40H42N10O4/c1-46(2)37(53)31-17-26-20-42-38(45-35(26)49(31)27-8-4-5-9-27)43-32-15-13-28(21-41-32)48-22-40(23-48)18-24(19-40)11-12-25-7-6-10-29-34(25)47(3)39(54)50(29)30-14-16-33(51)44-36(30)52/h6-7,10,13,15,17,20-21,24,27,30H,4-5,8-9,14,16,18-19,22-23H2,1-3H3,(H,44,51,52)(H,41,42,43,45). The van der Waals surface area contributed by atoms with E-state index in [4.69, 9.17) is 4.98 Å². The van der Waals surface area contributed by atoms with Crippen molar-refractivity contribution in [3.63, 3.8) is 0 Å². The van der Waals surface area contributed by atoms with Crippen molar-refractivity contribution in [3.05, 3.63) is 70.5 Å². The van der Waals surface area contributed by atoms with Crippen molar-refractivity contribution < 1.29 is 14.4 Å². The fourth-order valence-corrected chi connectivity index (χ4v) is 9.00. The molecule has 1 spiro atoms. The molecule has 2 aliphatic heterocycles. The van der Waals surface area contributed by atoms with Crippen molar-refractivity contribution in [2.75, 3.05) is 37.4 Å². The second-order valence-electron chi connectivity index (χ2n) is 15.6. The number of carbonyl (C=O) groups excluding carboxylic acids is 3. The van der Waals surface area contributed by atoms with Gasteiger partial charge in [0.25, 0.3) is 5.91 Å². The lowest BCUT2D eigenvalue weighted by Gasteiger charge is -2.59. The number of carbonyl (C=O) groups is 3. The number of hydrogen-bond acceptors (Lipinski definition) is 9. The van der Waals surface area contributed by atoms with E-state index in [2.05, 4.69) is 48.0 Å². The van der Waals surface area contributed by atoms with E-state index in [1.807, 2.05) is 36.5 Å². The zero-order valence-electron chi connectivity index (χ0n) is 30.6. The van der Waals surface area contributed by atoms with Gasteiger partial charge in [0.2, 0.25) is 17.8 Å². The van der Waals surface area contributed by atoms with Crippen LogP contribution in [0.1, 0.15) is 79.5 Å². The number of aromatic nitrogens is 6. The Morgan fingerprint density at radius 1 is 1.00 bits per heavy atom. The molecule has 4 aromatic heterocycles. The SMILES string of the molecule is CN(C)C(=O)c1cc2cnc(Nc3ccc(N4CC5(CC(C#Cc6cccc7c6n(C)c(=O)n7C6CCC(=O)NC6=O)C5)C4)cn3)nc2n1C1CCCC1. The number of pyridine rings is 1. The van der Waals surface area contributed by atoms with Gasteiger partial charge in [-0.1, -0.05) is 30.7 Å². The summed E-state index contributed by atoms with van der Waals surface area (Å²) in [6.45, 7) is 1.90. The van der Waals surface area contributed by atoms with Gasteiger partial charge >= 0.3 is 5.69 Å². The topological polar surface area (TPSA) is 152 Å². The molecule has 54 heavy (non-hydrogen) atoms. The van der Waals surface area contributed by atoms with Gasteiger partial charge in [-0.3, -0.25) is 28.8 Å². The Kier molecular flexibility index (Phi) is 8.06. The van der Waals surface area contributed by atoms with Gasteiger partial charge in [-0.2, -0.15) is 4.98 Å². The van der Waals surface area contributed by atoms with Crippen LogP contribution in [0.2, 0.25) is 0 Å². The number of anilines is 3. The molecule has 2 N–H and O–H groups in total. The van der Waals surface area contributed by atoms with Crippen LogP contribution in [0.5, 0.6) is 0 Å². The molecule has 14 nitrogen and oxygen atoms in total. The third-order valence-corrected chi connectivity index (χ3v) is 11.7. The third-order valence-electron chi connectivity index (χ3n) is 11.7. The van der Waals surface area contributed by atoms with E-state index >= 15 is 0 Å². The molecule has 0 radical (unpaired) electrons. The molecule has 3 amide bonds. The molecule has 2 saturated heterocycles. The zero-order valence-corrected chi connectivity index (χ0v) is 30.6. The number of imide groups is 1. The highest BCUT2D eigenvalue weighted by molar-refractivity contribution is 6.00. The summed E-state index contributed by atoms with van der Waals surface area (Å²) in [6, 6.07) is 11.0. The fraction of sp³-hybridized carbons (Fsp3) is 0.425. The van der Waals surface area contributed by atoms with E-state index in [-0.39, 0.29) is 41.3 Å². The molecule has 276 valence electrons. The number of fused-ring (bicyclic) bond motifs is 2. The molecule has 14 heteroatoms. The van der Waals surface area contributed by atoms with Crippen LogP contribution in [0, 0.1) is 23.2 Å². The average Bonchev–Trinajstić information content (AvgIpc) is 3.84. The first-order valence-corrected chi connectivity index (χ1v) is 18.7. The Morgan fingerprint density at radius 2 is 1.80 bits per heavy atom. The molecule has 0 bridgehead atoms. The number of imidazole rings is 1. The maximum atomic E-state index is 13.3. The number of rotatable bonds is 6. The van der Waals surface area contributed by atoms with E-state index in [1.54, 1.807) is 36.8 Å². The first-order valence-electron chi connectivity index (χ1n) is 18.7. The van der Waals surface area contributed by atoms with Crippen LogP contribution in [-0.2, 0) is 16.6 Å². The van der Waals surface area contributed by atoms with Crippen molar-refractivity contribution in [2.45, 2.75) is 63.5 Å². The Balaban J connectivity index is 0.842. The third kappa shape index (κ3) is 5.69. The molecule has 2 aliphatic carbocycles. The minimum Gasteiger partial charge on any atom is -0.369 e. The monoisotopic (exact) mass is 726 g/mol. The Bertz CT molecular complexity index is 2460. The summed E-state index contributed by atoms with van der Waals surface area (Å²) >= 11 is 0. The lowest BCUT2D eigenvalue weighted by molar-refractivity contribution is -0.135. The molecule has 4 fully saturated rings. The maximum Gasteiger partial charge on any atom is 0.329 e. The maximum absolute atomic E-state index is 13.3. The van der Waals surface area contributed by atoms with E-state index in [0.717, 1.165) is 73.9 Å². The summed E-state index contributed by atoms with van der Waals surface area (Å²) in [7, 11) is 5.25. The summed E-state index contributed by atoms with van der Waals surface area (Å²) in [4.78, 5) is 68.7. The highest BCUT2D eigenvalue weighted by atomic mass is 16.2. The van der Waals surface area contributed by atoms with Crippen molar-refractivity contribution in [3.8, 4) is 11.8 Å². The van der Waals surface area contributed by atoms with E-state index < -0.39 is 11.9 Å². The molecule has 4 aliphatic rings. The minimum atomic E-state index is -0.725. The Labute approximate surface area is 311 Å². The molecule has 5 aromatic rings. The van der Waals surface area contributed by atoms with Gasteiger partial charge < -0.3 is 19.7 Å². The second-order valence-corrected chi connectivity index (χ2v) is 15.6. The number of aryl methyl sites for hydroxylation is 1. The van der Waals surface area contributed by atoms with Gasteiger partial charge in [0.05, 0.1) is 28.5 Å². The molecular formula is C40H42N10O4. The lowest BCUT2D eigenvalue weighted by atomic mass is 9.58. The van der Waals surface area contributed by atoms with Crippen molar-refractivity contribution >= 4 is 57.2 Å². The molecule has 6 heterocycles. The van der Waals surface area contributed by atoms with Gasteiger partial charge in [-0.05, 0) is 62.4 Å². The molecule has 9 rings (SSSR count). The van der Waals surface area contributed by atoms with Gasteiger partial charge in [0, 0.05) is 69.6 Å². The predicted molar refractivity (Wildman–Crippen MR) is 203 cm³/mol. The predicted octanol–water partition coefficient (Wildman–Crippen LogP) is 4.29. The number of benzene rings is 1. The first kappa shape index (κ1) is 33.8. The Hall–Kier alpha value is -5.97. The first-order chi connectivity index (χ1) is 26.1. The highest BCUT2D eigenvalue weighted by Crippen LogP contribution is 2.52. The zero-order chi connectivity index (χ0) is 37.3. The number of hydrogen-bond donors (Lipinski definition) is 2. The summed E-state index contributed by atoms with van der Waals surface area (Å²) in [5.41, 5.74) is 4.53. The van der Waals surface area contributed by atoms with E-state index in [9.17, 15) is 19.2 Å². The Morgan fingerprint density at radius 3 is 2.52 bits per heavy atom. The fourth-order valence-electron chi connectivity index (χ4n) is 9.00. The van der Waals surface area contributed by atoms with Gasteiger partial charge in [-0.25, -0.2) is 14.8 Å². The van der Waals surface area contributed by atoms with Crippen LogP contribution in [0.15, 0.2) is 53.6 Å². The number of piperidine rings is 1. The summed E-state index contributed by atoms with van der Waals surface area (Å²) in [6.07, 6.45) is 10.5. The van der Waals surface area contributed by atoms with Crippen LogP contribution in [0.25, 0.3) is 22.1 Å². The van der Waals surface area contributed by atoms with Gasteiger partial charge in [0.1, 0.15) is 23.2 Å². The lowest BCUT2D eigenvalue weighted by Crippen LogP contribution is -2.62. The van der Waals surface area contributed by atoms with Crippen molar-refractivity contribution in [1.82, 2.24) is 38.9 Å². The van der Waals surface area contributed by atoms with Crippen molar-refractivity contribution in [1.29, 1.82) is 0 Å². The van der Waals surface area contributed by atoms with Crippen LogP contribution >= 0.6 is 0 Å². The summed E-state index contributed by atoms with van der Waals surface area (Å²) in [5.74, 6) is 7.37. The van der Waals surface area contributed by atoms with Crippen LogP contribution in [0.3, 0.4) is 0 Å².